The first-order chi connectivity index (χ1) is 8.24. The van der Waals surface area contributed by atoms with E-state index >= 15 is 0 Å². The van der Waals surface area contributed by atoms with Gasteiger partial charge < -0.3 is 10.1 Å². The fourth-order valence-electron chi connectivity index (χ4n) is 2.19. The zero-order chi connectivity index (χ0) is 12.3. The summed E-state index contributed by atoms with van der Waals surface area (Å²) in [5.74, 6) is 0.454. The topological polar surface area (TPSA) is 47.0 Å². The van der Waals surface area contributed by atoms with E-state index in [0.29, 0.717) is 18.1 Å². The van der Waals surface area contributed by atoms with E-state index in [4.69, 9.17) is 4.74 Å². The van der Waals surface area contributed by atoms with Gasteiger partial charge in [0.2, 0.25) is 0 Å². The molecule has 1 aromatic rings. The van der Waals surface area contributed by atoms with Crippen molar-refractivity contribution in [3.05, 3.63) is 10.0 Å². The van der Waals surface area contributed by atoms with Crippen LogP contribution in [0.1, 0.15) is 55.6 Å². The van der Waals surface area contributed by atoms with Gasteiger partial charge in [0.1, 0.15) is 10.0 Å². The zero-order valence-electron chi connectivity index (χ0n) is 10.8. The van der Waals surface area contributed by atoms with Crippen molar-refractivity contribution in [3.8, 4) is 0 Å². The third kappa shape index (κ3) is 3.03. The van der Waals surface area contributed by atoms with Crippen LogP contribution in [0.15, 0.2) is 0 Å². The first kappa shape index (κ1) is 12.9. The van der Waals surface area contributed by atoms with Gasteiger partial charge >= 0.3 is 0 Å². The van der Waals surface area contributed by atoms with Gasteiger partial charge in [-0.1, -0.05) is 25.2 Å². The zero-order valence-corrected chi connectivity index (χ0v) is 11.6. The van der Waals surface area contributed by atoms with Gasteiger partial charge in [-0.2, -0.15) is 0 Å². The second kappa shape index (κ2) is 5.89. The number of ether oxygens (including phenoxy) is 1. The molecule has 4 nitrogen and oxygen atoms in total. The summed E-state index contributed by atoms with van der Waals surface area (Å²) in [5.41, 5.74) is 0. The average Bonchev–Trinajstić information content (AvgIpc) is 2.94. The monoisotopic (exact) mass is 255 g/mol. The molecule has 1 aliphatic heterocycles. The summed E-state index contributed by atoms with van der Waals surface area (Å²) >= 11 is 1.74. The van der Waals surface area contributed by atoms with E-state index < -0.39 is 0 Å². The Labute approximate surface area is 107 Å². The Morgan fingerprint density at radius 3 is 2.88 bits per heavy atom. The molecule has 1 fully saturated rings. The largest absolute Gasteiger partial charge is 0.378 e. The van der Waals surface area contributed by atoms with Crippen LogP contribution in [0.2, 0.25) is 0 Å². The summed E-state index contributed by atoms with van der Waals surface area (Å²) in [4.78, 5) is 0. The lowest BCUT2D eigenvalue weighted by Gasteiger charge is -2.11. The maximum absolute atomic E-state index is 5.59. The Balaban J connectivity index is 2.04. The molecular formula is C12H21N3OS. The first-order valence-electron chi connectivity index (χ1n) is 6.42. The van der Waals surface area contributed by atoms with Crippen LogP contribution in [0, 0.1) is 0 Å². The Morgan fingerprint density at radius 2 is 2.29 bits per heavy atom. The van der Waals surface area contributed by atoms with E-state index in [2.05, 4.69) is 36.3 Å². The van der Waals surface area contributed by atoms with Crippen molar-refractivity contribution < 1.29 is 4.74 Å². The molecule has 2 heterocycles. The Hall–Kier alpha value is -0.520. The molecule has 17 heavy (non-hydrogen) atoms. The Bertz CT molecular complexity index is 337. The lowest BCUT2D eigenvalue weighted by molar-refractivity contribution is 0.123. The SMILES string of the molecule is CCNC(CC)c1nnc(C2COC(C)C2)s1. The molecule has 1 aromatic heterocycles. The second-order valence-electron chi connectivity index (χ2n) is 4.57. The van der Waals surface area contributed by atoms with E-state index in [0.717, 1.165) is 36.0 Å². The Morgan fingerprint density at radius 1 is 1.47 bits per heavy atom. The highest BCUT2D eigenvalue weighted by Crippen LogP contribution is 2.32. The minimum absolute atomic E-state index is 0.353. The molecule has 0 aliphatic carbocycles. The van der Waals surface area contributed by atoms with Gasteiger partial charge in [-0.15, -0.1) is 10.2 Å². The summed E-state index contributed by atoms with van der Waals surface area (Å²) < 4.78 is 5.59. The van der Waals surface area contributed by atoms with Crippen LogP contribution < -0.4 is 5.32 Å². The summed E-state index contributed by atoms with van der Waals surface area (Å²) in [5, 5.41) is 14.4. The predicted octanol–water partition coefficient (Wildman–Crippen LogP) is 2.49. The average molecular weight is 255 g/mol. The molecule has 3 unspecified atom stereocenters. The molecule has 1 N–H and O–H groups in total. The molecule has 5 heteroatoms. The quantitative estimate of drug-likeness (QED) is 0.878. The van der Waals surface area contributed by atoms with Crippen molar-refractivity contribution in [2.75, 3.05) is 13.2 Å². The van der Waals surface area contributed by atoms with Gasteiger partial charge in [-0.25, -0.2) is 0 Å². The lowest BCUT2D eigenvalue weighted by Crippen LogP contribution is -2.19. The third-order valence-electron chi connectivity index (χ3n) is 3.16. The molecule has 2 rings (SSSR count). The van der Waals surface area contributed by atoms with Crippen LogP contribution in [0.4, 0.5) is 0 Å². The summed E-state index contributed by atoms with van der Waals surface area (Å²) in [7, 11) is 0. The highest BCUT2D eigenvalue weighted by molar-refractivity contribution is 7.11. The maximum atomic E-state index is 5.59. The van der Waals surface area contributed by atoms with Crippen molar-refractivity contribution in [2.45, 2.75) is 51.7 Å². The number of hydrogen-bond donors (Lipinski definition) is 1. The van der Waals surface area contributed by atoms with E-state index in [9.17, 15) is 0 Å². The van der Waals surface area contributed by atoms with Crippen LogP contribution in [0.25, 0.3) is 0 Å². The van der Waals surface area contributed by atoms with Crippen molar-refractivity contribution in [3.63, 3.8) is 0 Å². The molecular weight excluding hydrogens is 234 g/mol. The lowest BCUT2D eigenvalue weighted by atomic mass is 10.1. The molecule has 3 atom stereocenters. The molecule has 0 amide bonds. The highest BCUT2D eigenvalue weighted by atomic mass is 32.1. The van der Waals surface area contributed by atoms with Gasteiger partial charge in [-0.3, -0.25) is 0 Å². The molecule has 0 saturated carbocycles. The third-order valence-corrected chi connectivity index (χ3v) is 4.36. The van der Waals surface area contributed by atoms with E-state index in [1.807, 2.05) is 0 Å². The van der Waals surface area contributed by atoms with Crippen LogP contribution >= 0.6 is 11.3 Å². The molecule has 96 valence electrons. The number of aromatic nitrogens is 2. The molecule has 1 aliphatic rings. The fourth-order valence-corrected chi connectivity index (χ4v) is 3.30. The van der Waals surface area contributed by atoms with Gasteiger partial charge in [0.15, 0.2) is 0 Å². The van der Waals surface area contributed by atoms with E-state index in [1.54, 1.807) is 11.3 Å². The Kier molecular flexibility index (Phi) is 4.48. The van der Waals surface area contributed by atoms with Crippen LogP contribution in [-0.4, -0.2) is 29.5 Å². The van der Waals surface area contributed by atoms with Crippen LogP contribution in [0.5, 0.6) is 0 Å². The maximum Gasteiger partial charge on any atom is 0.134 e. The fraction of sp³-hybridized carbons (Fsp3) is 0.833. The second-order valence-corrected chi connectivity index (χ2v) is 5.61. The number of nitrogens with one attached hydrogen (secondary N) is 1. The van der Waals surface area contributed by atoms with Crippen LogP contribution in [-0.2, 0) is 4.74 Å². The smallest absolute Gasteiger partial charge is 0.134 e. The highest BCUT2D eigenvalue weighted by Gasteiger charge is 2.27. The molecule has 0 spiro atoms. The normalized spacial score (nSPS) is 26.3. The van der Waals surface area contributed by atoms with Crippen molar-refractivity contribution in [1.29, 1.82) is 0 Å². The minimum atomic E-state index is 0.353. The van der Waals surface area contributed by atoms with Gasteiger partial charge in [0.05, 0.1) is 18.8 Å². The molecule has 1 saturated heterocycles. The summed E-state index contributed by atoms with van der Waals surface area (Å²) in [6, 6.07) is 0.353. The first-order valence-corrected chi connectivity index (χ1v) is 7.24. The molecule has 0 bridgehead atoms. The summed E-state index contributed by atoms with van der Waals surface area (Å²) in [6.07, 6.45) is 2.50. The number of rotatable bonds is 5. The van der Waals surface area contributed by atoms with Crippen molar-refractivity contribution in [2.24, 2.45) is 0 Å². The van der Waals surface area contributed by atoms with E-state index in [1.165, 1.54) is 0 Å². The predicted molar refractivity (Wildman–Crippen MR) is 69.4 cm³/mol. The van der Waals surface area contributed by atoms with Crippen LogP contribution in [0.3, 0.4) is 0 Å². The van der Waals surface area contributed by atoms with Crippen molar-refractivity contribution in [1.82, 2.24) is 15.5 Å². The van der Waals surface area contributed by atoms with Gasteiger partial charge in [-0.05, 0) is 26.3 Å². The summed E-state index contributed by atoms with van der Waals surface area (Å²) in [6.45, 7) is 8.19. The standard InChI is InChI=1S/C12H21N3OS/c1-4-10(13-5-2)12-15-14-11(17-12)9-6-8(3)16-7-9/h8-10,13H,4-7H2,1-3H3. The van der Waals surface area contributed by atoms with Gasteiger partial charge in [0.25, 0.3) is 0 Å². The van der Waals surface area contributed by atoms with E-state index in [-0.39, 0.29) is 0 Å². The van der Waals surface area contributed by atoms with Gasteiger partial charge in [0, 0.05) is 5.92 Å². The number of hydrogen-bond acceptors (Lipinski definition) is 5. The number of nitrogens with zero attached hydrogens (tertiary/aromatic N) is 2. The van der Waals surface area contributed by atoms with Crippen molar-refractivity contribution >= 4 is 11.3 Å². The minimum Gasteiger partial charge on any atom is -0.378 e. The molecule has 0 radical (unpaired) electrons. The molecule has 0 aromatic carbocycles.